The quantitative estimate of drug-likeness (QED) is 0.362. The molecule has 1 atom stereocenters. The molecule has 0 N–H and O–H groups in total. The summed E-state index contributed by atoms with van der Waals surface area (Å²) >= 11 is 0. The molecule has 0 aliphatic carbocycles. The Labute approximate surface area is 95.9 Å². The van der Waals surface area contributed by atoms with E-state index in [0.717, 1.165) is 12.3 Å². The molecule has 0 bridgehead atoms. The number of hydrogen-bond donors (Lipinski definition) is 0. The van der Waals surface area contributed by atoms with Gasteiger partial charge in [-0.1, -0.05) is 6.92 Å². The van der Waals surface area contributed by atoms with Crippen molar-refractivity contribution in [2.75, 3.05) is 0 Å². The van der Waals surface area contributed by atoms with Gasteiger partial charge in [-0.25, -0.2) is 0 Å². The summed E-state index contributed by atoms with van der Waals surface area (Å²) in [7, 11) is 0. The smallest absolute Gasteiger partial charge is 0.343 e. The molecule has 0 aromatic carbocycles. The normalized spacial score (nSPS) is 12.4. The van der Waals surface area contributed by atoms with Gasteiger partial charge in [0.25, 0.3) is 0 Å². The maximum Gasteiger partial charge on any atom is 1.00 e. The fraction of sp³-hybridized carbons (Fsp3) is 0.714. The molecule has 1 unspecified atom stereocenters. The predicted octanol–water partition coefficient (Wildman–Crippen LogP) is -0.535. The van der Waals surface area contributed by atoms with Gasteiger partial charge in [0.2, 0.25) is 0 Å². The van der Waals surface area contributed by atoms with E-state index in [-0.39, 0.29) is 51.4 Å². The molecule has 44 valence electrons. The average molecular weight is 137 g/mol. The summed E-state index contributed by atoms with van der Waals surface area (Å²) in [5, 5.41) is 0. The summed E-state index contributed by atoms with van der Waals surface area (Å²) in [6.07, 6.45) is 4.51. The zero-order valence-corrected chi connectivity index (χ0v) is 9.40. The summed E-state index contributed by atoms with van der Waals surface area (Å²) in [6.45, 7) is 8.06. The van der Waals surface area contributed by atoms with Gasteiger partial charge in [0.1, 0.15) is 0 Å². The summed E-state index contributed by atoms with van der Waals surface area (Å²) in [5.74, 6) is 0.762. The van der Waals surface area contributed by atoms with Crippen molar-refractivity contribution in [2.45, 2.75) is 26.7 Å². The molecule has 0 rings (SSSR count). The van der Waals surface area contributed by atoms with Crippen LogP contribution in [0.5, 0.6) is 0 Å². The van der Waals surface area contributed by atoms with Crippen LogP contribution in [-0.2, 0) is 0 Å². The van der Waals surface area contributed by atoms with E-state index in [1.54, 1.807) is 0 Å². The van der Waals surface area contributed by atoms with Gasteiger partial charge in [-0.2, -0.15) is 19.3 Å². The van der Waals surface area contributed by atoms with E-state index >= 15 is 0 Å². The Bertz CT molecular complexity index is 35.4. The topological polar surface area (TPSA) is 0 Å². The third-order valence-electron chi connectivity index (χ3n) is 1.23. The third kappa shape index (κ3) is 7.64. The first kappa shape index (κ1) is 12.3. The van der Waals surface area contributed by atoms with Crippen LogP contribution in [0.4, 0.5) is 0 Å². The van der Waals surface area contributed by atoms with Gasteiger partial charge in [-0.3, -0.25) is 0 Å². The minimum atomic E-state index is 0. The van der Waals surface area contributed by atoms with Crippen molar-refractivity contribution in [1.82, 2.24) is 0 Å². The second kappa shape index (κ2) is 8.64. The largest absolute Gasteiger partial charge is 1.00 e. The van der Waals surface area contributed by atoms with Crippen LogP contribution in [0.25, 0.3) is 0 Å². The Kier molecular flexibility index (Phi) is 13.3. The molecule has 0 aromatic rings. The second-order valence-corrected chi connectivity index (χ2v) is 1.95. The summed E-state index contributed by atoms with van der Waals surface area (Å²) in [4.78, 5) is 0. The van der Waals surface area contributed by atoms with E-state index in [4.69, 9.17) is 0 Å². The Morgan fingerprint density at radius 3 is 2.25 bits per heavy atom. The maximum absolute atomic E-state index is 3.75. The van der Waals surface area contributed by atoms with E-state index < -0.39 is 0 Å². The van der Waals surface area contributed by atoms with Gasteiger partial charge in [-0.05, 0) is 0 Å². The molecule has 0 saturated heterocycles. The number of rotatable bonds is 3. The van der Waals surface area contributed by atoms with Gasteiger partial charge in [0.15, 0.2) is 0 Å². The molecule has 1 heteroatoms. The van der Waals surface area contributed by atoms with Gasteiger partial charge in [0, 0.05) is 0 Å². The first-order valence-corrected chi connectivity index (χ1v) is 2.90. The number of hydrogen-bond acceptors (Lipinski definition) is 0. The SMILES string of the molecule is [CH2-]CCC(C)[CH-]C.[K+]. The van der Waals surface area contributed by atoms with Gasteiger partial charge < -0.3 is 13.3 Å². The van der Waals surface area contributed by atoms with Crippen molar-refractivity contribution < 1.29 is 51.4 Å². The molecule has 0 spiro atoms. The van der Waals surface area contributed by atoms with Gasteiger partial charge in [-0.15, -0.1) is 6.42 Å². The average Bonchev–Trinajstić information content (AvgIpc) is 1.68. The van der Waals surface area contributed by atoms with Gasteiger partial charge in [0.05, 0.1) is 0 Å². The Morgan fingerprint density at radius 1 is 1.62 bits per heavy atom. The van der Waals surface area contributed by atoms with Crippen LogP contribution in [0.1, 0.15) is 26.7 Å². The van der Waals surface area contributed by atoms with Crippen LogP contribution < -0.4 is 51.4 Å². The van der Waals surface area contributed by atoms with Gasteiger partial charge >= 0.3 is 51.4 Å². The Hall–Kier alpha value is 1.64. The molecule has 0 heterocycles. The third-order valence-corrected chi connectivity index (χ3v) is 1.23. The van der Waals surface area contributed by atoms with Crippen LogP contribution in [0.3, 0.4) is 0 Å². The van der Waals surface area contributed by atoms with Crippen LogP contribution in [0.15, 0.2) is 0 Å². The second-order valence-electron chi connectivity index (χ2n) is 1.95. The maximum atomic E-state index is 3.75. The molecule has 0 nitrogen and oxygen atoms in total. The zero-order chi connectivity index (χ0) is 5.70. The molecule has 0 amide bonds. The fourth-order valence-electron chi connectivity index (χ4n) is 0.489. The van der Waals surface area contributed by atoms with Crippen molar-refractivity contribution in [1.29, 1.82) is 0 Å². The monoisotopic (exact) mass is 137 g/mol. The molecule has 0 fully saturated rings. The van der Waals surface area contributed by atoms with E-state index in [1.807, 2.05) is 0 Å². The first-order chi connectivity index (χ1) is 3.31. The van der Waals surface area contributed by atoms with Crippen LogP contribution in [0.2, 0.25) is 0 Å². The van der Waals surface area contributed by atoms with Crippen LogP contribution in [-0.4, -0.2) is 0 Å². The Balaban J connectivity index is 0. The molecule has 0 saturated carbocycles. The van der Waals surface area contributed by atoms with E-state index in [1.165, 1.54) is 6.42 Å². The predicted molar refractivity (Wildman–Crippen MR) is 33.7 cm³/mol. The molecule has 0 radical (unpaired) electrons. The van der Waals surface area contributed by atoms with E-state index in [9.17, 15) is 0 Å². The molecule has 8 heavy (non-hydrogen) atoms. The molecular formula is C7H14K-. The fourth-order valence-corrected chi connectivity index (χ4v) is 0.489. The molecule has 0 aliphatic rings. The van der Waals surface area contributed by atoms with E-state index in [0.29, 0.717) is 0 Å². The van der Waals surface area contributed by atoms with Crippen molar-refractivity contribution in [3.63, 3.8) is 0 Å². The minimum absolute atomic E-state index is 0. The molecule has 0 aliphatic heterocycles. The van der Waals surface area contributed by atoms with Crippen molar-refractivity contribution in [3.8, 4) is 0 Å². The van der Waals surface area contributed by atoms with Crippen LogP contribution >= 0.6 is 0 Å². The van der Waals surface area contributed by atoms with Crippen molar-refractivity contribution in [2.24, 2.45) is 5.92 Å². The van der Waals surface area contributed by atoms with Crippen molar-refractivity contribution in [3.05, 3.63) is 13.3 Å². The zero-order valence-electron chi connectivity index (χ0n) is 6.28. The Morgan fingerprint density at radius 2 is 2.12 bits per heavy atom. The summed E-state index contributed by atoms with van der Waals surface area (Å²) in [6, 6.07) is 0. The van der Waals surface area contributed by atoms with Crippen LogP contribution in [0, 0.1) is 19.3 Å². The first-order valence-electron chi connectivity index (χ1n) is 2.90. The van der Waals surface area contributed by atoms with E-state index in [2.05, 4.69) is 27.2 Å². The molecular weight excluding hydrogens is 123 g/mol. The molecule has 0 aromatic heterocycles. The summed E-state index contributed by atoms with van der Waals surface area (Å²) < 4.78 is 0. The summed E-state index contributed by atoms with van der Waals surface area (Å²) in [5.41, 5.74) is 0. The minimum Gasteiger partial charge on any atom is -0.343 e. The van der Waals surface area contributed by atoms with Crippen molar-refractivity contribution >= 4 is 0 Å². The standard InChI is InChI=1S/C7H14.K/c1-4-6-7(3)5-2;/h5,7H,1,4,6H2,2-3H3;/q-2;+1.